The molecule has 0 aromatic rings. The molecule has 0 fully saturated rings. The van der Waals surface area contributed by atoms with Crippen LogP contribution in [0.5, 0.6) is 0 Å². The highest BCUT2D eigenvalue weighted by atomic mass is 16.4. The minimum absolute atomic E-state index is 0.0544. The summed E-state index contributed by atoms with van der Waals surface area (Å²) in [5.41, 5.74) is 5.52. The van der Waals surface area contributed by atoms with E-state index in [0.717, 1.165) is 6.42 Å². The summed E-state index contributed by atoms with van der Waals surface area (Å²) in [4.78, 5) is 14.0. The SMILES string of the molecule is CC(C)CC(N)=NCCC(=O)O. The normalized spacial score (nSPS) is 12.1. The molecule has 0 rings (SSSR count). The van der Waals surface area contributed by atoms with Crippen LogP contribution in [0.4, 0.5) is 0 Å². The van der Waals surface area contributed by atoms with Crippen molar-refractivity contribution in [3.63, 3.8) is 0 Å². The second-order valence-corrected chi connectivity index (χ2v) is 3.11. The number of amidine groups is 1. The van der Waals surface area contributed by atoms with Crippen molar-refractivity contribution >= 4 is 11.8 Å². The zero-order chi connectivity index (χ0) is 9.56. The first-order valence-electron chi connectivity index (χ1n) is 4.03. The Kier molecular flexibility index (Phi) is 5.08. The van der Waals surface area contributed by atoms with Crippen LogP contribution in [0.3, 0.4) is 0 Å². The summed E-state index contributed by atoms with van der Waals surface area (Å²) >= 11 is 0. The number of hydrogen-bond donors (Lipinski definition) is 2. The molecule has 0 bridgehead atoms. The summed E-state index contributed by atoms with van der Waals surface area (Å²) < 4.78 is 0. The molecule has 0 amide bonds. The topological polar surface area (TPSA) is 75.7 Å². The van der Waals surface area contributed by atoms with E-state index < -0.39 is 5.97 Å². The highest BCUT2D eigenvalue weighted by Gasteiger charge is 1.98. The zero-order valence-electron chi connectivity index (χ0n) is 7.58. The predicted octanol–water partition coefficient (Wildman–Crippen LogP) is 0.864. The Labute approximate surface area is 72.5 Å². The summed E-state index contributed by atoms with van der Waals surface area (Å²) in [6.45, 7) is 4.37. The second-order valence-electron chi connectivity index (χ2n) is 3.11. The van der Waals surface area contributed by atoms with Crippen molar-refractivity contribution in [3.05, 3.63) is 0 Å². The molecule has 4 nitrogen and oxygen atoms in total. The van der Waals surface area contributed by atoms with Gasteiger partial charge in [0.25, 0.3) is 0 Å². The minimum Gasteiger partial charge on any atom is -0.481 e. The number of carboxylic acids is 1. The smallest absolute Gasteiger partial charge is 0.305 e. The molecule has 3 N–H and O–H groups in total. The average molecular weight is 172 g/mol. The molecule has 0 atom stereocenters. The molecule has 0 aromatic carbocycles. The first-order valence-corrected chi connectivity index (χ1v) is 4.03. The lowest BCUT2D eigenvalue weighted by Gasteiger charge is -2.02. The third kappa shape index (κ3) is 7.05. The molecule has 70 valence electrons. The van der Waals surface area contributed by atoms with Gasteiger partial charge in [0.15, 0.2) is 0 Å². The van der Waals surface area contributed by atoms with Gasteiger partial charge >= 0.3 is 5.97 Å². The molecule has 4 heteroatoms. The number of rotatable bonds is 5. The van der Waals surface area contributed by atoms with E-state index in [1.807, 2.05) is 13.8 Å². The lowest BCUT2D eigenvalue weighted by Crippen LogP contribution is -2.15. The lowest BCUT2D eigenvalue weighted by molar-refractivity contribution is -0.136. The predicted molar refractivity (Wildman–Crippen MR) is 48.2 cm³/mol. The monoisotopic (exact) mass is 172 g/mol. The molecule has 0 saturated carbocycles. The van der Waals surface area contributed by atoms with Crippen LogP contribution >= 0.6 is 0 Å². The molecule has 0 heterocycles. The van der Waals surface area contributed by atoms with Gasteiger partial charge in [0.05, 0.1) is 18.8 Å². The van der Waals surface area contributed by atoms with Gasteiger partial charge in [-0.3, -0.25) is 9.79 Å². The molecule has 0 radical (unpaired) electrons. The number of aliphatic imine (C=N–C) groups is 1. The van der Waals surface area contributed by atoms with Gasteiger partial charge < -0.3 is 10.8 Å². The minimum atomic E-state index is -0.837. The summed E-state index contributed by atoms with van der Waals surface area (Å²) in [5.74, 6) is 0.181. The fourth-order valence-electron chi connectivity index (χ4n) is 0.778. The van der Waals surface area contributed by atoms with E-state index in [-0.39, 0.29) is 13.0 Å². The van der Waals surface area contributed by atoms with Gasteiger partial charge in [0, 0.05) is 6.42 Å². The summed E-state index contributed by atoms with van der Waals surface area (Å²) in [7, 11) is 0. The van der Waals surface area contributed by atoms with Gasteiger partial charge in [-0.2, -0.15) is 0 Å². The van der Waals surface area contributed by atoms with Crippen LogP contribution in [0.25, 0.3) is 0 Å². The molecule has 0 aliphatic heterocycles. The fourth-order valence-corrected chi connectivity index (χ4v) is 0.778. The van der Waals surface area contributed by atoms with E-state index in [4.69, 9.17) is 10.8 Å². The largest absolute Gasteiger partial charge is 0.481 e. The zero-order valence-corrected chi connectivity index (χ0v) is 7.58. The summed E-state index contributed by atoms with van der Waals surface area (Å²) in [5, 5.41) is 8.30. The Bertz CT molecular complexity index is 176. The molecular formula is C8H16N2O2. The third-order valence-electron chi connectivity index (χ3n) is 1.26. The molecule has 0 aromatic heterocycles. The van der Waals surface area contributed by atoms with E-state index in [0.29, 0.717) is 11.8 Å². The third-order valence-corrected chi connectivity index (χ3v) is 1.26. The fraction of sp³-hybridized carbons (Fsp3) is 0.750. The number of aliphatic carboxylic acids is 1. The standard InChI is InChI=1S/C8H16N2O2/c1-6(2)5-7(9)10-4-3-8(11)12/h6H,3-5H2,1-2H3,(H2,9,10)(H,11,12). The van der Waals surface area contributed by atoms with Crippen molar-refractivity contribution < 1.29 is 9.90 Å². The van der Waals surface area contributed by atoms with Gasteiger partial charge in [0.2, 0.25) is 0 Å². The maximum atomic E-state index is 10.1. The van der Waals surface area contributed by atoms with Crippen LogP contribution in [0.2, 0.25) is 0 Å². The van der Waals surface area contributed by atoms with Crippen LogP contribution in [-0.4, -0.2) is 23.5 Å². The van der Waals surface area contributed by atoms with Crippen LogP contribution < -0.4 is 5.73 Å². The van der Waals surface area contributed by atoms with Crippen molar-refractivity contribution in [2.24, 2.45) is 16.6 Å². The Morgan fingerprint density at radius 1 is 1.58 bits per heavy atom. The lowest BCUT2D eigenvalue weighted by atomic mass is 10.1. The summed E-state index contributed by atoms with van der Waals surface area (Å²) in [6.07, 6.45) is 0.790. The van der Waals surface area contributed by atoms with Crippen molar-refractivity contribution in [2.45, 2.75) is 26.7 Å². The van der Waals surface area contributed by atoms with E-state index in [9.17, 15) is 4.79 Å². The molecular weight excluding hydrogens is 156 g/mol. The van der Waals surface area contributed by atoms with Crippen molar-refractivity contribution in [1.82, 2.24) is 0 Å². The molecule has 0 spiro atoms. The van der Waals surface area contributed by atoms with Gasteiger partial charge in [-0.05, 0) is 5.92 Å². The van der Waals surface area contributed by atoms with Gasteiger partial charge in [-0.15, -0.1) is 0 Å². The van der Waals surface area contributed by atoms with Crippen molar-refractivity contribution in [2.75, 3.05) is 6.54 Å². The van der Waals surface area contributed by atoms with Crippen LogP contribution in [0.1, 0.15) is 26.7 Å². The number of carbonyl (C=O) groups is 1. The summed E-state index contributed by atoms with van der Waals surface area (Å²) in [6, 6.07) is 0. The number of carboxylic acid groups (broad SMARTS) is 1. The van der Waals surface area contributed by atoms with Crippen molar-refractivity contribution in [3.8, 4) is 0 Å². The van der Waals surface area contributed by atoms with E-state index in [1.54, 1.807) is 0 Å². The molecule has 0 unspecified atom stereocenters. The van der Waals surface area contributed by atoms with Gasteiger partial charge in [-0.25, -0.2) is 0 Å². The Hall–Kier alpha value is -1.06. The molecule has 0 saturated heterocycles. The maximum absolute atomic E-state index is 10.1. The van der Waals surface area contributed by atoms with Crippen molar-refractivity contribution in [1.29, 1.82) is 0 Å². The maximum Gasteiger partial charge on any atom is 0.305 e. The molecule has 12 heavy (non-hydrogen) atoms. The van der Waals surface area contributed by atoms with Crippen LogP contribution in [0, 0.1) is 5.92 Å². The average Bonchev–Trinajstić information content (AvgIpc) is 1.84. The highest BCUT2D eigenvalue weighted by molar-refractivity contribution is 5.80. The quantitative estimate of drug-likeness (QED) is 0.477. The number of hydrogen-bond acceptors (Lipinski definition) is 2. The first kappa shape index (κ1) is 10.9. The van der Waals surface area contributed by atoms with Crippen LogP contribution in [0.15, 0.2) is 4.99 Å². The number of nitrogens with zero attached hydrogens (tertiary/aromatic N) is 1. The van der Waals surface area contributed by atoms with E-state index in [1.165, 1.54) is 0 Å². The highest BCUT2D eigenvalue weighted by Crippen LogP contribution is 1.98. The molecule has 0 aliphatic carbocycles. The van der Waals surface area contributed by atoms with E-state index >= 15 is 0 Å². The van der Waals surface area contributed by atoms with Gasteiger partial charge in [-0.1, -0.05) is 13.8 Å². The Balaban J connectivity index is 3.62. The molecule has 0 aliphatic rings. The Morgan fingerprint density at radius 2 is 2.17 bits per heavy atom. The number of nitrogens with two attached hydrogens (primary N) is 1. The second kappa shape index (κ2) is 5.57. The van der Waals surface area contributed by atoms with Gasteiger partial charge in [0.1, 0.15) is 0 Å². The van der Waals surface area contributed by atoms with E-state index in [2.05, 4.69) is 4.99 Å². The first-order chi connectivity index (χ1) is 5.52. The Morgan fingerprint density at radius 3 is 2.58 bits per heavy atom. The van der Waals surface area contributed by atoms with Crippen LogP contribution in [-0.2, 0) is 4.79 Å².